The molecule has 0 bridgehead atoms. The van der Waals surface area contributed by atoms with Gasteiger partial charge in [0.1, 0.15) is 12.4 Å². The summed E-state index contributed by atoms with van der Waals surface area (Å²) in [5.41, 5.74) is 3.56. The van der Waals surface area contributed by atoms with Crippen molar-refractivity contribution in [3.05, 3.63) is 90.0 Å². The summed E-state index contributed by atoms with van der Waals surface area (Å²) < 4.78 is 13.5. The standard InChI is InChI=1S/C31H33N3O4/c1-3-5-11-20-33-29(35)27(30(36)37-4-2)28(34-26-15-10-9-14-25(26)32-31(33)34)23-16-18-24(19-17-23)38-21-22-12-7-6-8-13-22/h6-10,12-19,27-28H,3-5,11,20-21H2,1-2H3/t27-,28-/m0/s1. The molecule has 1 amide bonds. The summed E-state index contributed by atoms with van der Waals surface area (Å²) in [4.78, 5) is 33.8. The van der Waals surface area contributed by atoms with E-state index in [0.717, 1.165) is 41.4 Å². The summed E-state index contributed by atoms with van der Waals surface area (Å²) in [6.45, 7) is 5.05. The molecule has 38 heavy (non-hydrogen) atoms. The molecule has 0 spiro atoms. The van der Waals surface area contributed by atoms with Gasteiger partial charge in [0.05, 0.1) is 23.7 Å². The molecule has 1 aliphatic rings. The second-order valence-electron chi connectivity index (χ2n) is 9.49. The number of para-hydroxylation sites is 2. The van der Waals surface area contributed by atoms with E-state index in [2.05, 4.69) is 6.92 Å². The molecule has 196 valence electrons. The fourth-order valence-electron chi connectivity index (χ4n) is 5.08. The van der Waals surface area contributed by atoms with E-state index in [1.165, 1.54) is 0 Å². The number of esters is 1. The maximum Gasteiger partial charge on any atom is 0.321 e. The third kappa shape index (κ3) is 5.01. The molecule has 2 atom stereocenters. The Morgan fingerprint density at radius 1 is 0.921 bits per heavy atom. The Kier molecular flexibility index (Phi) is 7.73. The predicted octanol–water partition coefficient (Wildman–Crippen LogP) is 5.92. The number of ether oxygens (including phenoxy) is 2. The number of imidazole rings is 1. The summed E-state index contributed by atoms with van der Waals surface area (Å²) in [5.74, 6) is -0.517. The number of carbonyl (C=O) groups is 2. The first-order valence-corrected chi connectivity index (χ1v) is 13.3. The minimum absolute atomic E-state index is 0.203. The lowest BCUT2D eigenvalue weighted by atomic mass is 9.89. The molecular weight excluding hydrogens is 478 g/mol. The third-order valence-electron chi connectivity index (χ3n) is 6.94. The number of unbranched alkanes of at least 4 members (excludes halogenated alkanes) is 2. The molecule has 7 nitrogen and oxygen atoms in total. The lowest BCUT2D eigenvalue weighted by Gasteiger charge is -2.38. The molecule has 4 aromatic rings. The van der Waals surface area contributed by atoms with E-state index in [0.29, 0.717) is 24.8 Å². The van der Waals surface area contributed by atoms with E-state index in [4.69, 9.17) is 14.5 Å². The Hall–Kier alpha value is -4.13. The molecule has 0 radical (unpaired) electrons. The van der Waals surface area contributed by atoms with Crippen LogP contribution in [0.2, 0.25) is 0 Å². The van der Waals surface area contributed by atoms with E-state index in [-0.39, 0.29) is 12.5 Å². The van der Waals surface area contributed by atoms with Crippen LogP contribution in [0, 0.1) is 5.92 Å². The van der Waals surface area contributed by atoms with Crippen LogP contribution in [0.5, 0.6) is 5.75 Å². The third-order valence-corrected chi connectivity index (χ3v) is 6.94. The number of carbonyl (C=O) groups excluding carboxylic acids is 2. The highest BCUT2D eigenvalue weighted by atomic mass is 16.5. The van der Waals surface area contributed by atoms with Crippen molar-refractivity contribution < 1.29 is 19.1 Å². The average Bonchev–Trinajstić information content (AvgIpc) is 3.33. The van der Waals surface area contributed by atoms with Gasteiger partial charge in [-0.25, -0.2) is 4.98 Å². The minimum Gasteiger partial charge on any atom is -0.489 e. The lowest BCUT2D eigenvalue weighted by molar-refractivity contribution is -0.153. The number of rotatable bonds is 10. The van der Waals surface area contributed by atoms with Crippen LogP contribution in [0.1, 0.15) is 50.3 Å². The second-order valence-corrected chi connectivity index (χ2v) is 9.49. The molecular formula is C31H33N3O4. The molecule has 5 rings (SSSR count). The first-order valence-electron chi connectivity index (χ1n) is 13.3. The SMILES string of the molecule is CCCCCN1C(=O)[C@@H](C(=O)OCC)[C@H](c2ccc(OCc3ccccc3)cc2)n2c1nc1ccccc12. The molecule has 1 aromatic heterocycles. The van der Waals surface area contributed by atoms with Crippen LogP contribution >= 0.6 is 0 Å². The van der Waals surface area contributed by atoms with Gasteiger partial charge in [-0.1, -0.05) is 74.4 Å². The van der Waals surface area contributed by atoms with Gasteiger partial charge in [-0.2, -0.15) is 0 Å². The number of amides is 1. The van der Waals surface area contributed by atoms with Gasteiger partial charge in [0.2, 0.25) is 11.9 Å². The van der Waals surface area contributed by atoms with Crippen molar-refractivity contribution in [2.45, 2.75) is 45.8 Å². The maximum atomic E-state index is 13.9. The van der Waals surface area contributed by atoms with Crippen molar-refractivity contribution in [1.82, 2.24) is 9.55 Å². The zero-order chi connectivity index (χ0) is 26.5. The smallest absolute Gasteiger partial charge is 0.321 e. The van der Waals surface area contributed by atoms with Crippen LogP contribution in [0.3, 0.4) is 0 Å². The van der Waals surface area contributed by atoms with Crippen molar-refractivity contribution >= 4 is 28.9 Å². The van der Waals surface area contributed by atoms with Gasteiger partial charge in [-0.3, -0.25) is 14.5 Å². The van der Waals surface area contributed by atoms with Gasteiger partial charge in [0, 0.05) is 6.54 Å². The normalized spacial score (nSPS) is 16.9. The van der Waals surface area contributed by atoms with Crippen LogP contribution < -0.4 is 9.64 Å². The number of hydrogen-bond donors (Lipinski definition) is 0. The van der Waals surface area contributed by atoms with E-state index in [9.17, 15) is 9.59 Å². The summed E-state index contributed by atoms with van der Waals surface area (Å²) in [6.07, 6.45) is 2.85. The zero-order valence-corrected chi connectivity index (χ0v) is 21.9. The number of anilines is 1. The Bertz CT molecular complexity index is 1400. The highest BCUT2D eigenvalue weighted by Gasteiger charge is 2.47. The number of fused-ring (bicyclic) bond motifs is 3. The summed E-state index contributed by atoms with van der Waals surface area (Å²) in [7, 11) is 0. The topological polar surface area (TPSA) is 73.7 Å². The van der Waals surface area contributed by atoms with Crippen molar-refractivity contribution in [3.63, 3.8) is 0 Å². The highest BCUT2D eigenvalue weighted by Crippen LogP contribution is 2.41. The van der Waals surface area contributed by atoms with Crippen molar-refractivity contribution in [2.75, 3.05) is 18.1 Å². The minimum atomic E-state index is -1.02. The zero-order valence-electron chi connectivity index (χ0n) is 21.9. The Morgan fingerprint density at radius 2 is 1.66 bits per heavy atom. The molecule has 0 N–H and O–H groups in total. The molecule has 2 heterocycles. The van der Waals surface area contributed by atoms with Gasteiger partial charge >= 0.3 is 5.97 Å². The van der Waals surface area contributed by atoms with Gasteiger partial charge < -0.3 is 14.0 Å². The molecule has 1 aliphatic heterocycles. The summed E-state index contributed by atoms with van der Waals surface area (Å²) in [6, 6.07) is 24.8. The van der Waals surface area contributed by atoms with E-state index in [1.54, 1.807) is 11.8 Å². The fourth-order valence-corrected chi connectivity index (χ4v) is 5.08. The van der Waals surface area contributed by atoms with Gasteiger partial charge in [-0.05, 0) is 48.7 Å². The average molecular weight is 512 g/mol. The number of benzene rings is 3. The summed E-state index contributed by atoms with van der Waals surface area (Å²) >= 11 is 0. The molecule has 7 heteroatoms. The number of nitrogens with zero attached hydrogens (tertiary/aromatic N) is 3. The number of aromatic nitrogens is 2. The quantitative estimate of drug-likeness (QED) is 0.150. The molecule has 0 saturated heterocycles. The largest absolute Gasteiger partial charge is 0.489 e. The molecule has 0 fully saturated rings. The lowest BCUT2D eigenvalue weighted by Crippen LogP contribution is -2.50. The molecule has 3 aromatic carbocycles. The molecule has 0 saturated carbocycles. The molecule has 0 unspecified atom stereocenters. The maximum absolute atomic E-state index is 13.9. The van der Waals surface area contributed by atoms with Crippen LogP contribution in [0.25, 0.3) is 11.0 Å². The van der Waals surface area contributed by atoms with Crippen LogP contribution in [-0.2, 0) is 20.9 Å². The van der Waals surface area contributed by atoms with Gasteiger partial charge in [-0.15, -0.1) is 0 Å². The van der Waals surface area contributed by atoms with Gasteiger partial charge in [0.25, 0.3) is 0 Å². The van der Waals surface area contributed by atoms with Crippen molar-refractivity contribution in [3.8, 4) is 5.75 Å². The Labute approximate surface area is 223 Å². The van der Waals surface area contributed by atoms with Crippen LogP contribution in [0.4, 0.5) is 5.95 Å². The first kappa shape index (κ1) is 25.5. The monoisotopic (exact) mass is 511 g/mol. The van der Waals surface area contributed by atoms with Crippen molar-refractivity contribution in [1.29, 1.82) is 0 Å². The predicted molar refractivity (Wildman–Crippen MR) is 147 cm³/mol. The van der Waals surface area contributed by atoms with Crippen LogP contribution in [0.15, 0.2) is 78.9 Å². The van der Waals surface area contributed by atoms with Crippen LogP contribution in [-0.4, -0.2) is 34.6 Å². The first-order chi connectivity index (χ1) is 18.6. The number of hydrogen-bond acceptors (Lipinski definition) is 5. The Morgan fingerprint density at radius 3 is 2.39 bits per heavy atom. The van der Waals surface area contributed by atoms with E-state index < -0.39 is 17.9 Å². The summed E-state index contributed by atoms with van der Waals surface area (Å²) in [5, 5.41) is 0. The van der Waals surface area contributed by atoms with Crippen molar-refractivity contribution in [2.24, 2.45) is 5.92 Å². The van der Waals surface area contributed by atoms with E-state index >= 15 is 0 Å². The van der Waals surface area contributed by atoms with Gasteiger partial charge in [0.15, 0.2) is 5.92 Å². The second kappa shape index (κ2) is 11.5. The Balaban J connectivity index is 1.55. The van der Waals surface area contributed by atoms with E-state index in [1.807, 2.05) is 83.4 Å². The highest BCUT2D eigenvalue weighted by molar-refractivity contribution is 6.08. The molecule has 0 aliphatic carbocycles. The fraction of sp³-hybridized carbons (Fsp3) is 0.323.